The number of para-hydroxylation sites is 1. The molecular formula is C17H20N2O3. The van der Waals surface area contributed by atoms with Gasteiger partial charge in [0, 0.05) is 12.2 Å². The third-order valence-electron chi connectivity index (χ3n) is 2.88. The van der Waals surface area contributed by atoms with E-state index >= 15 is 0 Å². The molecular weight excluding hydrogens is 280 g/mol. The van der Waals surface area contributed by atoms with Crippen molar-refractivity contribution in [3.05, 3.63) is 60.2 Å². The third-order valence-corrected chi connectivity index (χ3v) is 2.88. The molecule has 0 bridgehead atoms. The second-order valence-corrected chi connectivity index (χ2v) is 4.58. The monoisotopic (exact) mass is 300 g/mol. The van der Waals surface area contributed by atoms with Crippen LogP contribution in [0.25, 0.3) is 0 Å². The van der Waals surface area contributed by atoms with Gasteiger partial charge in [-0.05, 0) is 36.8 Å². The van der Waals surface area contributed by atoms with Crippen molar-refractivity contribution in [3.63, 3.8) is 0 Å². The fraction of sp³-hybridized carbons (Fsp3) is 0.235. The van der Waals surface area contributed by atoms with Gasteiger partial charge in [-0.3, -0.25) is 0 Å². The lowest BCUT2D eigenvalue weighted by molar-refractivity contribution is -0.145. The molecule has 2 N–H and O–H groups in total. The van der Waals surface area contributed by atoms with Gasteiger partial charge in [0.05, 0.1) is 6.61 Å². The molecule has 22 heavy (non-hydrogen) atoms. The average Bonchev–Trinajstić information content (AvgIpc) is 2.55. The quantitative estimate of drug-likeness (QED) is 0.580. The number of hydrogen-bond donors (Lipinski definition) is 2. The molecule has 0 saturated heterocycles. The van der Waals surface area contributed by atoms with Crippen LogP contribution >= 0.6 is 0 Å². The Morgan fingerprint density at radius 1 is 1.05 bits per heavy atom. The summed E-state index contributed by atoms with van der Waals surface area (Å²) in [7, 11) is 0. The molecule has 5 heteroatoms. The minimum absolute atomic E-state index is 0.0685. The summed E-state index contributed by atoms with van der Waals surface area (Å²) in [4.78, 5) is 11.2. The van der Waals surface area contributed by atoms with Gasteiger partial charge in [0.2, 0.25) is 0 Å². The Balaban J connectivity index is 1.73. The number of hydrogen-bond acceptors (Lipinski definition) is 5. The van der Waals surface area contributed by atoms with E-state index in [1.54, 1.807) is 6.92 Å². The molecule has 0 fully saturated rings. The standard InChI is InChI=1S/C17H20N2O3/c1-2-21-17(20)13-22-16-10-8-14(9-11-16)12-18-19-15-6-4-3-5-7-15/h3-11,18-19H,2,12-13H2,1H3. The number of ether oxygens (including phenoxy) is 2. The highest BCUT2D eigenvalue weighted by Gasteiger charge is 2.02. The second kappa shape index (κ2) is 8.69. The number of esters is 1. The Kier molecular flexibility index (Phi) is 6.26. The van der Waals surface area contributed by atoms with E-state index in [4.69, 9.17) is 9.47 Å². The number of benzene rings is 2. The molecule has 2 aromatic rings. The summed E-state index contributed by atoms with van der Waals surface area (Å²) in [6, 6.07) is 17.4. The Morgan fingerprint density at radius 2 is 1.77 bits per heavy atom. The van der Waals surface area contributed by atoms with E-state index in [1.165, 1.54) is 0 Å². The fourth-order valence-corrected chi connectivity index (χ4v) is 1.82. The van der Waals surface area contributed by atoms with Crippen molar-refractivity contribution < 1.29 is 14.3 Å². The SMILES string of the molecule is CCOC(=O)COc1ccc(CNNc2ccccc2)cc1. The molecule has 0 aromatic heterocycles. The van der Waals surface area contributed by atoms with Gasteiger partial charge in [0.15, 0.2) is 6.61 Å². The molecule has 116 valence electrons. The van der Waals surface area contributed by atoms with Gasteiger partial charge in [0.25, 0.3) is 0 Å². The average molecular weight is 300 g/mol. The molecule has 0 unspecified atom stereocenters. The van der Waals surface area contributed by atoms with E-state index < -0.39 is 0 Å². The maximum absolute atomic E-state index is 11.2. The number of anilines is 1. The smallest absolute Gasteiger partial charge is 0.344 e. The molecule has 0 saturated carbocycles. The normalized spacial score (nSPS) is 10.0. The van der Waals surface area contributed by atoms with Gasteiger partial charge in [-0.25, -0.2) is 10.2 Å². The summed E-state index contributed by atoms with van der Waals surface area (Å²) in [6.07, 6.45) is 0. The predicted octanol–water partition coefficient (Wildman–Crippen LogP) is 2.75. The Hall–Kier alpha value is -2.53. The van der Waals surface area contributed by atoms with Gasteiger partial charge in [-0.2, -0.15) is 0 Å². The van der Waals surface area contributed by atoms with Crippen LogP contribution in [0, 0.1) is 0 Å². The summed E-state index contributed by atoms with van der Waals surface area (Å²) in [5.74, 6) is 0.285. The largest absolute Gasteiger partial charge is 0.482 e. The fourth-order valence-electron chi connectivity index (χ4n) is 1.82. The van der Waals surface area contributed by atoms with Crippen molar-refractivity contribution in [1.29, 1.82) is 0 Å². The first-order valence-electron chi connectivity index (χ1n) is 7.19. The van der Waals surface area contributed by atoms with E-state index in [-0.39, 0.29) is 12.6 Å². The molecule has 0 atom stereocenters. The number of hydrazine groups is 1. The van der Waals surface area contributed by atoms with Crippen molar-refractivity contribution in [2.24, 2.45) is 0 Å². The van der Waals surface area contributed by atoms with E-state index in [0.717, 1.165) is 11.3 Å². The van der Waals surface area contributed by atoms with Crippen LogP contribution in [0.1, 0.15) is 12.5 Å². The summed E-state index contributed by atoms with van der Waals surface area (Å²) in [5.41, 5.74) is 8.37. The van der Waals surface area contributed by atoms with E-state index in [0.29, 0.717) is 18.9 Å². The maximum Gasteiger partial charge on any atom is 0.344 e. The molecule has 0 heterocycles. The minimum Gasteiger partial charge on any atom is -0.482 e. The van der Waals surface area contributed by atoms with Gasteiger partial charge in [0.1, 0.15) is 5.75 Å². The Labute approximate surface area is 130 Å². The molecule has 0 aliphatic rings. The van der Waals surface area contributed by atoms with E-state index in [2.05, 4.69) is 10.9 Å². The summed E-state index contributed by atoms with van der Waals surface area (Å²) >= 11 is 0. The Bertz CT molecular complexity index is 570. The zero-order valence-corrected chi connectivity index (χ0v) is 12.5. The highest BCUT2D eigenvalue weighted by Crippen LogP contribution is 2.12. The van der Waals surface area contributed by atoms with Crippen molar-refractivity contribution in [1.82, 2.24) is 5.43 Å². The molecule has 0 radical (unpaired) electrons. The number of rotatable bonds is 8. The van der Waals surface area contributed by atoms with Gasteiger partial charge in [-0.15, -0.1) is 0 Å². The number of nitrogens with one attached hydrogen (secondary N) is 2. The molecule has 2 rings (SSSR count). The molecule has 2 aromatic carbocycles. The molecule has 0 spiro atoms. The summed E-state index contributed by atoms with van der Waals surface area (Å²) < 4.78 is 10.1. The third kappa shape index (κ3) is 5.46. The van der Waals surface area contributed by atoms with Crippen LogP contribution in [0.2, 0.25) is 0 Å². The number of carbonyl (C=O) groups is 1. The van der Waals surface area contributed by atoms with Crippen molar-refractivity contribution in [2.75, 3.05) is 18.6 Å². The van der Waals surface area contributed by atoms with Crippen molar-refractivity contribution in [2.45, 2.75) is 13.5 Å². The summed E-state index contributed by atoms with van der Waals surface area (Å²) in [6.45, 7) is 2.73. The minimum atomic E-state index is -0.361. The first kappa shape index (κ1) is 15.9. The van der Waals surface area contributed by atoms with E-state index in [1.807, 2.05) is 54.6 Å². The van der Waals surface area contributed by atoms with Crippen LogP contribution in [-0.2, 0) is 16.1 Å². The maximum atomic E-state index is 11.2. The topological polar surface area (TPSA) is 59.6 Å². The van der Waals surface area contributed by atoms with E-state index in [9.17, 15) is 4.79 Å². The zero-order valence-electron chi connectivity index (χ0n) is 12.5. The lowest BCUT2D eigenvalue weighted by atomic mass is 10.2. The predicted molar refractivity (Wildman–Crippen MR) is 85.5 cm³/mol. The van der Waals surface area contributed by atoms with Crippen LogP contribution in [0.15, 0.2) is 54.6 Å². The van der Waals surface area contributed by atoms with Crippen molar-refractivity contribution in [3.8, 4) is 5.75 Å². The van der Waals surface area contributed by atoms with Crippen molar-refractivity contribution >= 4 is 11.7 Å². The van der Waals surface area contributed by atoms with Crippen LogP contribution < -0.4 is 15.6 Å². The molecule has 0 aliphatic heterocycles. The Morgan fingerprint density at radius 3 is 2.45 bits per heavy atom. The lowest BCUT2D eigenvalue weighted by Gasteiger charge is -2.09. The van der Waals surface area contributed by atoms with Gasteiger partial charge < -0.3 is 14.9 Å². The van der Waals surface area contributed by atoms with Crippen LogP contribution in [0.4, 0.5) is 5.69 Å². The van der Waals surface area contributed by atoms with Gasteiger partial charge in [-0.1, -0.05) is 30.3 Å². The highest BCUT2D eigenvalue weighted by atomic mass is 16.6. The first-order chi connectivity index (χ1) is 10.8. The molecule has 0 aliphatic carbocycles. The zero-order chi connectivity index (χ0) is 15.6. The molecule has 5 nitrogen and oxygen atoms in total. The van der Waals surface area contributed by atoms with Crippen LogP contribution in [0.5, 0.6) is 5.75 Å². The van der Waals surface area contributed by atoms with Gasteiger partial charge >= 0.3 is 5.97 Å². The first-order valence-corrected chi connectivity index (χ1v) is 7.19. The summed E-state index contributed by atoms with van der Waals surface area (Å²) in [5, 5.41) is 0. The lowest BCUT2D eigenvalue weighted by Crippen LogP contribution is -2.20. The number of carbonyl (C=O) groups excluding carboxylic acids is 1. The second-order valence-electron chi connectivity index (χ2n) is 4.58. The highest BCUT2D eigenvalue weighted by molar-refractivity contribution is 5.71. The molecule has 0 amide bonds. The van der Waals surface area contributed by atoms with Crippen LogP contribution in [-0.4, -0.2) is 19.2 Å². The van der Waals surface area contributed by atoms with Crippen LogP contribution in [0.3, 0.4) is 0 Å².